The molecule has 30 heavy (non-hydrogen) atoms. The summed E-state index contributed by atoms with van der Waals surface area (Å²) >= 11 is 0. The highest BCUT2D eigenvalue weighted by atomic mass is 16.5. The van der Waals surface area contributed by atoms with E-state index in [0.29, 0.717) is 24.5 Å². The number of hydrogen-bond donors (Lipinski definition) is 1. The number of nitrogens with two attached hydrogens (primary N) is 1. The van der Waals surface area contributed by atoms with Gasteiger partial charge in [0.05, 0.1) is 18.7 Å². The number of fused-ring (bicyclic) bond motifs is 2. The van der Waals surface area contributed by atoms with Gasteiger partial charge >= 0.3 is 0 Å². The molecule has 1 aliphatic heterocycles. The van der Waals surface area contributed by atoms with Crippen LogP contribution in [0.2, 0.25) is 0 Å². The first-order valence-corrected chi connectivity index (χ1v) is 10.1. The first-order valence-electron chi connectivity index (χ1n) is 10.1. The van der Waals surface area contributed by atoms with E-state index in [-0.39, 0.29) is 11.4 Å². The molecule has 0 aromatic heterocycles. The first-order chi connectivity index (χ1) is 14.4. The molecule has 2 N–H and O–H groups in total. The van der Waals surface area contributed by atoms with E-state index >= 15 is 0 Å². The van der Waals surface area contributed by atoms with Crippen molar-refractivity contribution in [1.82, 2.24) is 0 Å². The summed E-state index contributed by atoms with van der Waals surface area (Å²) in [5.74, 6) is 0.662. The third-order valence-electron chi connectivity index (χ3n) is 6.55. The Kier molecular flexibility index (Phi) is 5.17. The second-order valence-electron chi connectivity index (χ2n) is 8.37. The highest BCUT2D eigenvalue weighted by Crippen LogP contribution is 2.57. The Bertz CT molecular complexity index is 1040. The third-order valence-corrected chi connectivity index (χ3v) is 6.55. The fourth-order valence-electron chi connectivity index (χ4n) is 4.92. The molecule has 6 nitrogen and oxygen atoms in total. The molecular weight excluding hydrogens is 378 g/mol. The van der Waals surface area contributed by atoms with E-state index in [2.05, 4.69) is 31.2 Å². The van der Waals surface area contributed by atoms with Crippen LogP contribution in [-0.4, -0.2) is 33.5 Å². The molecule has 2 aromatic rings. The first kappa shape index (κ1) is 20.2. The van der Waals surface area contributed by atoms with Crippen molar-refractivity contribution >= 4 is 6.02 Å². The van der Waals surface area contributed by atoms with Gasteiger partial charge in [-0.2, -0.15) is 5.26 Å². The van der Waals surface area contributed by atoms with Gasteiger partial charge in [-0.1, -0.05) is 19.1 Å². The minimum absolute atomic E-state index is 0.111. The van der Waals surface area contributed by atoms with Crippen LogP contribution in [0.4, 0.5) is 0 Å². The van der Waals surface area contributed by atoms with Gasteiger partial charge in [-0.05, 0) is 65.8 Å². The van der Waals surface area contributed by atoms with Crippen molar-refractivity contribution in [2.75, 3.05) is 27.4 Å². The van der Waals surface area contributed by atoms with Crippen LogP contribution in [0, 0.1) is 16.7 Å². The summed E-state index contributed by atoms with van der Waals surface area (Å²) in [6.45, 7) is 3.43. The molecule has 2 unspecified atom stereocenters. The monoisotopic (exact) mass is 405 g/mol. The van der Waals surface area contributed by atoms with Gasteiger partial charge in [0.1, 0.15) is 17.9 Å². The smallest absolute Gasteiger partial charge is 0.283 e. The SMILES string of the molecule is COCCCC1(C)Cc2ccc(-c3cc(C#N)cc(OC)c3)cc2C12COC(N)=N2. The molecule has 0 amide bonds. The molecule has 156 valence electrons. The maximum Gasteiger partial charge on any atom is 0.283 e. The number of hydrogen-bond acceptors (Lipinski definition) is 6. The van der Waals surface area contributed by atoms with Crippen molar-refractivity contribution in [3.63, 3.8) is 0 Å². The van der Waals surface area contributed by atoms with Gasteiger partial charge < -0.3 is 19.9 Å². The van der Waals surface area contributed by atoms with Crippen LogP contribution in [0.15, 0.2) is 41.4 Å². The Morgan fingerprint density at radius 2 is 2.03 bits per heavy atom. The zero-order chi connectivity index (χ0) is 21.4. The van der Waals surface area contributed by atoms with Gasteiger partial charge in [-0.25, -0.2) is 4.99 Å². The van der Waals surface area contributed by atoms with Crippen LogP contribution in [0.25, 0.3) is 11.1 Å². The molecule has 2 aromatic carbocycles. The minimum atomic E-state index is -0.507. The number of benzene rings is 2. The molecule has 0 fully saturated rings. The maximum absolute atomic E-state index is 9.39. The predicted octanol–water partition coefficient (Wildman–Crippen LogP) is 3.76. The van der Waals surface area contributed by atoms with Crippen molar-refractivity contribution in [2.45, 2.75) is 31.7 Å². The van der Waals surface area contributed by atoms with Crippen molar-refractivity contribution in [1.29, 1.82) is 5.26 Å². The van der Waals surface area contributed by atoms with Crippen LogP contribution in [-0.2, 0) is 21.4 Å². The second kappa shape index (κ2) is 7.66. The number of amidine groups is 1. The molecule has 1 heterocycles. The average Bonchev–Trinajstić information content (AvgIpc) is 3.26. The molecule has 2 aliphatic rings. The molecule has 6 heteroatoms. The Morgan fingerprint density at radius 3 is 2.70 bits per heavy atom. The molecule has 0 radical (unpaired) electrons. The van der Waals surface area contributed by atoms with Crippen LogP contribution < -0.4 is 10.5 Å². The van der Waals surface area contributed by atoms with Gasteiger partial charge in [0.25, 0.3) is 6.02 Å². The number of rotatable bonds is 6. The molecular formula is C24H27N3O3. The topological polar surface area (TPSA) is 89.9 Å². The van der Waals surface area contributed by atoms with Gasteiger partial charge in [-0.15, -0.1) is 0 Å². The number of ether oxygens (including phenoxy) is 3. The summed E-state index contributed by atoms with van der Waals surface area (Å²) in [6.07, 6.45) is 2.82. The third kappa shape index (κ3) is 3.20. The zero-order valence-corrected chi connectivity index (χ0v) is 17.7. The van der Waals surface area contributed by atoms with Crippen molar-refractivity contribution in [3.05, 3.63) is 53.1 Å². The summed E-state index contributed by atoms with van der Waals surface area (Å²) in [5.41, 5.74) is 10.3. The van der Waals surface area contributed by atoms with E-state index in [1.54, 1.807) is 20.3 Å². The summed E-state index contributed by atoms with van der Waals surface area (Å²) in [5, 5.41) is 9.39. The van der Waals surface area contributed by atoms with Crippen molar-refractivity contribution in [2.24, 2.45) is 16.1 Å². The predicted molar refractivity (Wildman–Crippen MR) is 115 cm³/mol. The molecule has 4 rings (SSSR count). The quantitative estimate of drug-likeness (QED) is 0.739. The molecule has 0 bridgehead atoms. The van der Waals surface area contributed by atoms with Crippen LogP contribution in [0.3, 0.4) is 0 Å². The number of methoxy groups -OCH3 is 2. The van der Waals surface area contributed by atoms with Crippen LogP contribution in [0.5, 0.6) is 5.75 Å². The van der Waals surface area contributed by atoms with Gasteiger partial charge in [-0.3, -0.25) is 0 Å². The van der Waals surface area contributed by atoms with E-state index in [9.17, 15) is 5.26 Å². The lowest BCUT2D eigenvalue weighted by molar-refractivity contribution is 0.0949. The van der Waals surface area contributed by atoms with Gasteiger partial charge in [0, 0.05) is 19.1 Å². The molecule has 0 saturated carbocycles. The summed E-state index contributed by atoms with van der Waals surface area (Å²) < 4.78 is 16.4. The lowest BCUT2D eigenvalue weighted by Crippen LogP contribution is -2.40. The zero-order valence-electron chi connectivity index (χ0n) is 17.7. The largest absolute Gasteiger partial charge is 0.497 e. The molecule has 1 aliphatic carbocycles. The molecule has 1 spiro atoms. The van der Waals surface area contributed by atoms with Crippen LogP contribution in [0.1, 0.15) is 36.5 Å². The van der Waals surface area contributed by atoms with Gasteiger partial charge in [0.2, 0.25) is 0 Å². The molecule has 0 saturated heterocycles. The average molecular weight is 405 g/mol. The van der Waals surface area contributed by atoms with E-state index < -0.39 is 5.54 Å². The van der Waals surface area contributed by atoms with Crippen molar-refractivity contribution in [3.8, 4) is 22.9 Å². The summed E-state index contributed by atoms with van der Waals surface area (Å²) in [7, 11) is 3.34. The maximum atomic E-state index is 9.39. The Morgan fingerprint density at radius 1 is 1.20 bits per heavy atom. The fraction of sp³-hybridized carbons (Fsp3) is 0.417. The van der Waals surface area contributed by atoms with Crippen molar-refractivity contribution < 1.29 is 14.2 Å². The highest BCUT2D eigenvalue weighted by molar-refractivity contribution is 5.76. The number of nitrogens with zero attached hydrogens (tertiary/aromatic N) is 2. The Labute approximate surface area is 177 Å². The van der Waals surface area contributed by atoms with E-state index in [4.69, 9.17) is 24.9 Å². The van der Waals surface area contributed by atoms with Crippen LogP contribution >= 0.6 is 0 Å². The number of aliphatic imine (C=N–C) groups is 1. The van der Waals surface area contributed by atoms with E-state index in [1.165, 1.54) is 5.56 Å². The standard InChI is InChI=1S/C24H27N3O3/c1-23(7-4-8-28-2)13-18-6-5-17(12-21(18)24(23)15-30-22(26)27-24)19-9-16(14-25)10-20(11-19)29-3/h5-6,9-12H,4,7-8,13,15H2,1-3H3,(H2,26,27). The van der Waals surface area contributed by atoms with Gasteiger partial charge in [0.15, 0.2) is 0 Å². The lowest BCUT2D eigenvalue weighted by atomic mass is 9.69. The fourth-order valence-corrected chi connectivity index (χ4v) is 4.92. The Hall–Kier alpha value is -3.04. The second-order valence-corrected chi connectivity index (χ2v) is 8.37. The van der Waals surface area contributed by atoms with E-state index in [1.807, 2.05) is 12.1 Å². The lowest BCUT2D eigenvalue weighted by Gasteiger charge is -2.38. The highest BCUT2D eigenvalue weighted by Gasteiger charge is 2.57. The normalized spacial score (nSPS) is 24.3. The number of nitriles is 1. The summed E-state index contributed by atoms with van der Waals surface area (Å²) in [6, 6.07) is 14.5. The minimum Gasteiger partial charge on any atom is -0.497 e. The molecule has 2 atom stereocenters. The summed E-state index contributed by atoms with van der Waals surface area (Å²) in [4.78, 5) is 4.85. The Balaban J connectivity index is 1.80. The van der Waals surface area contributed by atoms with E-state index in [0.717, 1.165) is 36.0 Å².